The molecule has 0 saturated heterocycles. The molecule has 10 heteroatoms. The Morgan fingerprint density at radius 2 is 2.04 bits per heavy atom. The highest BCUT2D eigenvalue weighted by Gasteiger charge is 2.29. The Labute approximate surface area is 159 Å². The topological polar surface area (TPSA) is 94.9 Å². The number of halogens is 3. The molecular weight excluding hydrogens is 393 g/mol. The van der Waals surface area contributed by atoms with Gasteiger partial charge in [-0.05, 0) is 30.3 Å². The Balaban J connectivity index is 1.77. The van der Waals surface area contributed by atoms with Gasteiger partial charge in [0.15, 0.2) is 23.2 Å². The summed E-state index contributed by atoms with van der Waals surface area (Å²) in [4.78, 5) is 25.1. The van der Waals surface area contributed by atoms with E-state index in [0.717, 1.165) is 23.5 Å². The Morgan fingerprint density at radius 3 is 2.71 bits per heavy atom. The van der Waals surface area contributed by atoms with Gasteiger partial charge >= 0.3 is 5.92 Å². The van der Waals surface area contributed by atoms with E-state index in [1.807, 2.05) is 0 Å². The average molecular weight is 404 g/mol. The van der Waals surface area contributed by atoms with Crippen LogP contribution in [-0.2, 0) is 5.92 Å². The smallest absolute Gasteiger partial charge is 0.301 e. The van der Waals surface area contributed by atoms with E-state index in [2.05, 4.69) is 15.0 Å². The summed E-state index contributed by atoms with van der Waals surface area (Å²) in [5.41, 5.74) is 5.62. The van der Waals surface area contributed by atoms with Gasteiger partial charge < -0.3 is 10.2 Å². The van der Waals surface area contributed by atoms with Gasteiger partial charge in [-0.2, -0.15) is 8.78 Å². The number of alkyl halides is 2. The molecule has 0 radical (unpaired) electrons. The van der Waals surface area contributed by atoms with E-state index in [0.29, 0.717) is 17.1 Å². The number of furan rings is 1. The number of nitrogens with zero attached hydrogens (tertiary/aromatic N) is 3. The number of hydrogen-bond acceptors (Lipinski definition) is 7. The zero-order valence-corrected chi connectivity index (χ0v) is 15.1. The molecule has 0 unspecified atom stereocenters. The minimum absolute atomic E-state index is 0.00497. The highest BCUT2D eigenvalue weighted by molar-refractivity contribution is 7.20. The van der Waals surface area contributed by atoms with Gasteiger partial charge in [-0.1, -0.05) is 0 Å². The van der Waals surface area contributed by atoms with Gasteiger partial charge in [-0.3, -0.25) is 4.79 Å². The van der Waals surface area contributed by atoms with Gasteiger partial charge in [-0.15, -0.1) is 11.3 Å². The Morgan fingerprint density at radius 1 is 1.25 bits per heavy atom. The summed E-state index contributed by atoms with van der Waals surface area (Å²) in [5, 5.41) is 0.390. The van der Waals surface area contributed by atoms with E-state index in [4.69, 9.17) is 10.2 Å². The van der Waals surface area contributed by atoms with Crippen LogP contribution in [-0.4, -0.2) is 20.7 Å². The van der Waals surface area contributed by atoms with Crippen molar-refractivity contribution in [2.45, 2.75) is 12.8 Å². The van der Waals surface area contributed by atoms with Crippen molar-refractivity contribution in [1.29, 1.82) is 0 Å². The summed E-state index contributed by atoms with van der Waals surface area (Å²) in [6.07, 6.45) is 1.31. The lowest BCUT2D eigenvalue weighted by molar-refractivity contribution is -0.00474. The van der Waals surface area contributed by atoms with Crippen molar-refractivity contribution >= 4 is 33.2 Å². The minimum atomic E-state index is -3.15. The average Bonchev–Trinajstić information content (AvgIpc) is 3.28. The van der Waals surface area contributed by atoms with Crippen molar-refractivity contribution in [1.82, 2.24) is 15.0 Å². The second-order valence-corrected chi connectivity index (χ2v) is 7.01. The number of rotatable bonds is 4. The quantitative estimate of drug-likeness (QED) is 0.506. The van der Waals surface area contributed by atoms with E-state index in [1.54, 1.807) is 0 Å². The highest BCUT2D eigenvalue weighted by atomic mass is 32.1. The van der Waals surface area contributed by atoms with Gasteiger partial charge in [0.1, 0.15) is 16.3 Å². The lowest BCUT2D eigenvalue weighted by atomic mass is 10.2. The summed E-state index contributed by atoms with van der Waals surface area (Å²) < 4.78 is 45.7. The van der Waals surface area contributed by atoms with Crippen LogP contribution in [0.4, 0.5) is 19.0 Å². The molecule has 0 spiro atoms. The van der Waals surface area contributed by atoms with Crippen molar-refractivity contribution in [3.63, 3.8) is 0 Å². The summed E-state index contributed by atoms with van der Waals surface area (Å²) in [6, 6.07) is 6.41. The molecule has 0 aromatic carbocycles. The fourth-order valence-corrected chi connectivity index (χ4v) is 3.51. The molecule has 4 aromatic rings. The lowest BCUT2D eigenvalue weighted by Gasteiger charge is -2.05. The minimum Gasteiger partial charge on any atom is -0.451 e. The molecule has 0 bridgehead atoms. The zero-order valence-electron chi connectivity index (χ0n) is 14.2. The molecule has 142 valence electrons. The van der Waals surface area contributed by atoms with Gasteiger partial charge in [0.25, 0.3) is 0 Å². The monoisotopic (exact) mass is 404 g/mol. The molecule has 6 nitrogen and oxygen atoms in total. The number of fused-ring (bicyclic) bond motifs is 1. The molecule has 0 aliphatic carbocycles. The maximum Gasteiger partial charge on any atom is 0.301 e. The van der Waals surface area contributed by atoms with Crippen LogP contribution in [0.15, 0.2) is 40.9 Å². The van der Waals surface area contributed by atoms with Gasteiger partial charge in [-0.25, -0.2) is 19.3 Å². The molecular formula is C18H11F3N4O2S. The van der Waals surface area contributed by atoms with Crippen molar-refractivity contribution in [3.8, 4) is 11.6 Å². The van der Waals surface area contributed by atoms with Crippen molar-refractivity contribution in [3.05, 3.63) is 58.7 Å². The number of thiophene rings is 1. The third kappa shape index (κ3) is 3.11. The SMILES string of the molecule is CC(F)(F)c1ccc(-c2nc(N)c3cc(C(=O)c4ncccc4F)sc3n2)o1. The molecule has 28 heavy (non-hydrogen) atoms. The first kappa shape index (κ1) is 18.1. The van der Waals surface area contributed by atoms with Crippen LogP contribution in [0.5, 0.6) is 0 Å². The molecule has 0 amide bonds. The predicted octanol–water partition coefficient (Wildman–Crippen LogP) is 4.41. The van der Waals surface area contributed by atoms with Gasteiger partial charge in [0.05, 0.1) is 10.3 Å². The number of aromatic nitrogens is 3. The fraction of sp³-hybridized carbons (Fsp3) is 0.111. The summed E-state index contributed by atoms with van der Waals surface area (Å²) >= 11 is 0.967. The molecule has 2 N–H and O–H groups in total. The zero-order chi connectivity index (χ0) is 20.1. The summed E-state index contributed by atoms with van der Waals surface area (Å²) in [5.74, 6) is -4.98. The van der Waals surface area contributed by atoms with Crippen LogP contribution >= 0.6 is 11.3 Å². The molecule has 0 saturated carbocycles. The van der Waals surface area contributed by atoms with E-state index in [1.165, 1.54) is 24.4 Å². The molecule has 4 heterocycles. The van der Waals surface area contributed by atoms with Gasteiger partial charge in [0, 0.05) is 13.1 Å². The van der Waals surface area contributed by atoms with Crippen LogP contribution in [0.3, 0.4) is 0 Å². The van der Waals surface area contributed by atoms with Crippen molar-refractivity contribution in [2.24, 2.45) is 0 Å². The van der Waals surface area contributed by atoms with Crippen molar-refractivity contribution < 1.29 is 22.4 Å². The van der Waals surface area contributed by atoms with E-state index in [9.17, 15) is 18.0 Å². The normalized spacial score (nSPS) is 11.9. The van der Waals surface area contributed by atoms with Crippen LogP contribution in [0.2, 0.25) is 0 Å². The summed E-state index contributed by atoms with van der Waals surface area (Å²) in [7, 11) is 0. The standard InChI is InChI=1S/C18H11F3N4O2S/c1-18(20,21)12-5-4-10(27-12)16-24-15(22)8-7-11(28-17(8)25-16)14(26)13-9(19)3-2-6-23-13/h2-7H,1H3,(H2,22,24,25). The maximum absolute atomic E-state index is 13.8. The first-order chi connectivity index (χ1) is 13.2. The third-order valence-electron chi connectivity index (χ3n) is 3.88. The van der Waals surface area contributed by atoms with Gasteiger partial charge in [0.2, 0.25) is 5.78 Å². The van der Waals surface area contributed by atoms with E-state index < -0.39 is 23.3 Å². The maximum atomic E-state index is 13.8. The number of nitrogens with two attached hydrogens (primary N) is 1. The Hall–Kier alpha value is -3.27. The van der Waals surface area contributed by atoms with Crippen LogP contribution in [0.1, 0.15) is 28.0 Å². The molecule has 0 aliphatic heterocycles. The Bertz CT molecular complexity index is 1210. The number of nitrogen functional groups attached to an aromatic ring is 1. The number of hydrogen-bond donors (Lipinski definition) is 1. The first-order valence-electron chi connectivity index (χ1n) is 7.95. The number of pyridine rings is 1. The molecule has 0 aliphatic rings. The molecule has 0 atom stereocenters. The third-order valence-corrected chi connectivity index (χ3v) is 4.91. The largest absolute Gasteiger partial charge is 0.451 e. The second-order valence-electron chi connectivity index (χ2n) is 5.98. The first-order valence-corrected chi connectivity index (χ1v) is 8.76. The number of anilines is 1. The van der Waals surface area contributed by atoms with Crippen LogP contribution in [0, 0.1) is 5.82 Å². The fourth-order valence-electron chi connectivity index (χ4n) is 2.53. The van der Waals surface area contributed by atoms with Crippen LogP contribution in [0.25, 0.3) is 21.8 Å². The second kappa shape index (κ2) is 6.41. The van der Waals surface area contributed by atoms with Crippen LogP contribution < -0.4 is 5.73 Å². The number of carbonyl (C=O) groups is 1. The predicted molar refractivity (Wildman–Crippen MR) is 96.7 cm³/mol. The lowest BCUT2D eigenvalue weighted by Crippen LogP contribution is -2.04. The number of carbonyl (C=O) groups excluding carboxylic acids is 1. The van der Waals surface area contributed by atoms with E-state index in [-0.39, 0.29) is 28.0 Å². The Kier molecular flexibility index (Phi) is 4.15. The molecule has 4 rings (SSSR count). The summed E-state index contributed by atoms with van der Waals surface area (Å²) in [6.45, 7) is 0.710. The van der Waals surface area contributed by atoms with E-state index >= 15 is 0 Å². The molecule has 0 fully saturated rings. The molecule has 4 aromatic heterocycles. The highest BCUT2D eigenvalue weighted by Crippen LogP contribution is 2.34. The van der Waals surface area contributed by atoms with Crippen molar-refractivity contribution in [2.75, 3.05) is 5.73 Å². The number of ketones is 1.